The predicted octanol–water partition coefficient (Wildman–Crippen LogP) is 2.99. The van der Waals surface area contributed by atoms with Crippen LogP contribution in [0.1, 0.15) is 30.1 Å². The van der Waals surface area contributed by atoms with Crippen molar-refractivity contribution in [2.45, 2.75) is 24.5 Å². The normalized spacial score (nSPS) is 21.1. The molecule has 0 bridgehead atoms. The summed E-state index contributed by atoms with van der Waals surface area (Å²) in [5, 5.41) is -0.180. The lowest BCUT2D eigenvalue weighted by Gasteiger charge is -2.19. The van der Waals surface area contributed by atoms with Crippen LogP contribution >= 0.6 is 11.6 Å². The topological polar surface area (TPSA) is 54.5 Å². The molecule has 1 fully saturated rings. The first kappa shape index (κ1) is 17.0. The van der Waals surface area contributed by atoms with E-state index in [4.69, 9.17) is 11.6 Å². The summed E-state index contributed by atoms with van der Waals surface area (Å²) in [6.07, 6.45) is 3.06. The fraction of sp³-hybridized carbons (Fsp3) is 0.438. The summed E-state index contributed by atoms with van der Waals surface area (Å²) in [4.78, 5) is 13.7. The molecular formula is C16H20ClNO3S. The van der Waals surface area contributed by atoms with Crippen molar-refractivity contribution in [2.24, 2.45) is 0 Å². The maximum atomic E-state index is 12.5. The number of hydrogen-bond donors (Lipinski definition) is 0. The minimum atomic E-state index is -3.32. The van der Waals surface area contributed by atoms with Crippen LogP contribution in [0.15, 0.2) is 36.9 Å². The fourth-order valence-corrected chi connectivity index (χ4v) is 4.81. The van der Waals surface area contributed by atoms with E-state index in [9.17, 15) is 13.2 Å². The third-order valence-corrected chi connectivity index (χ3v) is 6.36. The van der Waals surface area contributed by atoms with Gasteiger partial charge in [0.1, 0.15) is 0 Å². The second-order valence-electron chi connectivity index (χ2n) is 5.37. The smallest absolute Gasteiger partial charge is 0.222 e. The number of benzene rings is 1. The molecule has 1 atom stereocenters. The minimum absolute atomic E-state index is 0.0186. The number of carbonyl (C=O) groups is 1. The Balaban J connectivity index is 2.19. The molecule has 1 saturated heterocycles. The zero-order valence-corrected chi connectivity index (χ0v) is 13.9. The van der Waals surface area contributed by atoms with Crippen molar-refractivity contribution in [3.63, 3.8) is 0 Å². The summed E-state index contributed by atoms with van der Waals surface area (Å²) in [5.74, 6) is -0.0437. The molecule has 0 aromatic heterocycles. The lowest BCUT2D eigenvalue weighted by atomic mass is 10.1. The molecule has 2 rings (SSSR count). The maximum absolute atomic E-state index is 12.5. The van der Waals surface area contributed by atoms with Crippen molar-refractivity contribution in [1.29, 1.82) is 0 Å². The molecule has 0 radical (unpaired) electrons. The van der Waals surface area contributed by atoms with Gasteiger partial charge in [0.2, 0.25) is 5.91 Å². The van der Waals surface area contributed by atoms with Crippen LogP contribution in [-0.4, -0.2) is 38.1 Å². The number of halogens is 1. The molecule has 1 heterocycles. The van der Waals surface area contributed by atoms with Crippen LogP contribution in [0.5, 0.6) is 0 Å². The minimum Gasteiger partial charge on any atom is -0.342 e. The molecule has 0 unspecified atom stereocenters. The van der Waals surface area contributed by atoms with Crippen molar-refractivity contribution >= 4 is 27.3 Å². The van der Waals surface area contributed by atoms with E-state index >= 15 is 0 Å². The largest absolute Gasteiger partial charge is 0.342 e. The average molecular weight is 342 g/mol. The standard InChI is InChI=1S/C16H20ClNO3S/c1-2-3-8-16(19)18-10-9-15(22(20,21)12-11-18)13-6-4-5-7-14(13)17/h2,4-7,15H,1,3,8-12H2/t15-/m1/s1. The molecule has 0 spiro atoms. The monoisotopic (exact) mass is 341 g/mol. The highest BCUT2D eigenvalue weighted by atomic mass is 35.5. The zero-order valence-electron chi connectivity index (χ0n) is 12.4. The first-order chi connectivity index (χ1) is 10.5. The SMILES string of the molecule is C=CCCC(=O)N1CC[C@H](c2ccccc2Cl)S(=O)(=O)CC1. The van der Waals surface area contributed by atoms with Gasteiger partial charge in [-0.15, -0.1) is 6.58 Å². The molecule has 0 aliphatic carbocycles. The third-order valence-electron chi connectivity index (χ3n) is 3.91. The van der Waals surface area contributed by atoms with E-state index in [0.717, 1.165) is 0 Å². The number of allylic oxidation sites excluding steroid dienone is 1. The highest BCUT2D eigenvalue weighted by molar-refractivity contribution is 7.91. The quantitative estimate of drug-likeness (QED) is 0.791. The molecule has 4 nitrogen and oxygen atoms in total. The summed E-state index contributed by atoms with van der Waals surface area (Å²) >= 11 is 6.15. The second-order valence-corrected chi connectivity index (χ2v) is 8.08. The Morgan fingerprint density at radius 2 is 2.09 bits per heavy atom. The molecule has 1 aromatic carbocycles. The van der Waals surface area contributed by atoms with Crippen LogP contribution in [0.2, 0.25) is 5.02 Å². The highest BCUT2D eigenvalue weighted by Crippen LogP contribution is 2.33. The van der Waals surface area contributed by atoms with E-state index < -0.39 is 15.1 Å². The molecule has 1 aliphatic heterocycles. The molecule has 0 N–H and O–H groups in total. The fourth-order valence-electron chi connectivity index (χ4n) is 2.66. The van der Waals surface area contributed by atoms with Crippen LogP contribution < -0.4 is 0 Å². The summed E-state index contributed by atoms with van der Waals surface area (Å²) in [6, 6.07) is 7.01. The van der Waals surface area contributed by atoms with Gasteiger partial charge in [0.25, 0.3) is 0 Å². The van der Waals surface area contributed by atoms with E-state index in [-0.39, 0.29) is 18.2 Å². The van der Waals surface area contributed by atoms with E-state index in [2.05, 4.69) is 6.58 Å². The van der Waals surface area contributed by atoms with Crippen LogP contribution in [0.4, 0.5) is 0 Å². The number of nitrogens with zero attached hydrogens (tertiary/aromatic N) is 1. The zero-order chi connectivity index (χ0) is 16.2. The lowest BCUT2D eigenvalue weighted by molar-refractivity contribution is -0.130. The van der Waals surface area contributed by atoms with Gasteiger partial charge in [-0.3, -0.25) is 4.79 Å². The second kappa shape index (κ2) is 7.29. The van der Waals surface area contributed by atoms with Crippen LogP contribution in [0.3, 0.4) is 0 Å². The van der Waals surface area contributed by atoms with Gasteiger partial charge in [-0.1, -0.05) is 35.9 Å². The van der Waals surface area contributed by atoms with Crippen molar-refractivity contribution in [3.8, 4) is 0 Å². The Kier molecular flexibility index (Phi) is 5.64. The molecule has 120 valence electrons. The van der Waals surface area contributed by atoms with Crippen molar-refractivity contribution in [1.82, 2.24) is 4.90 Å². The van der Waals surface area contributed by atoms with Gasteiger partial charge in [0.05, 0.1) is 11.0 Å². The number of carbonyl (C=O) groups excluding carboxylic acids is 1. The van der Waals surface area contributed by atoms with Crippen molar-refractivity contribution in [2.75, 3.05) is 18.8 Å². The summed E-state index contributed by atoms with van der Waals surface area (Å²) in [5.41, 5.74) is 0.629. The maximum Gasteiger partial charge on any atom is 0.222 e. The van der Waals surface area contributed by atoms with Crippen molar-refractivity contribution < 1.29 is 13.2 Å². The molecule has 1 aliphatic rings. The van der Waals surface area contributed by atoms with Gasteiger partial charge < -0.3 is 4.90 Å². The highest BCUT2D eigenvalue weighted by Gasteiger charge is 2.33. The molecule has 1 aromatic rings. The van der Waals surface area contributed by atoms with Gasteiger partial charge in [-0.2, -0.15) is 0 Å². The third kappa shape index (κ3) is 3.90. The molecule has 0 saturated carbocycles. The summed E-state index contributed by atoms with van der Waals surface area (Å²) in [7, 11) is -3.32. The van der Waals surface area contributed by atoms with E-state index in [1.54, 1.807) is 35.2 Å². The van der Waals surface area contributed by atoms with Crippen LogP contribution in [-0.2, 0) is 14.6 Å². The van der Waals surface area contributed by atoms with Gasteiger partial charge in [0.15, 0.2) is 9.84 Å². The Morgan fingerprint density at radius 1 is 1.36 bits per heavy atom. The summed E-state index contributed by atoms with van der Waals surface area (Å²) < 4.78 is 25.0. The van der Waals surface area contributed by atoms with Gasteiger partial charge in [-0.05, 0) is 24.5 Å². The first-order valence-corrected chi connectivity index (χ1v) is 9.39. The Hall–Kier alpha value is -1.33. The Morgan fingerprint density at radius 3 is 2.77 bits per heavy atom. The van der Waals surface area contributed by atoms with E-state index in [1.807, 2.05) is 0 Å². The van der Waals surface area contributed by atoms with Gasteiger partial charge in [-0.25, -0.2) is 8.42 Å². The first-order valence-electron chi connectivity index (χ1n) is 7.30. The number of hydrogen-bond acceptors (Lipinski definition) is 3. The Labute approximate surface area is 136 Å². The van der Waals surface area contributed by atoms with Crippen molar-refractivity contribution in [3.05, 3.63) is 47.5 Å². The molecule has 22 heavy (non-hydrogen) atoms. The number of amides is 1. The van der Waals surface area contributed by atoms with E-state index in [0.29, 0.717) is 36.4 Å². The van der Waals surface area contributed by atoms with Gasteiger partial charge >= 0.3 is 0 Å². The Bertz CT molecular complexity index is 657. The lowest BCUT2D eigenvalue weighted by Crippen LogP contribution is -2.33. The average Bonchev–Trinajstić information content (AvgIpc) is 2.64. The van der Waals surface area contributed by atoms with Gasteiger partial charge in [0, 0.05) is 24.5 Å². The van der Waals surface area contributed by atoms with Crippen LogP contribution in [0.25, 0.3) is 0 Å². The van der Waals surface area contributed by atoms with Crippen LogP contribution in [0, 0.1) is 0 Å². The summed E-state index contributed by atoms with van der Waals surface area (Å²) in [6.45, 7) is 4.28. The molecular weight excluding hydrogens is 322 g/mol. The number of sulfone groups is 1. The predicted molar refractivity (Wildman–Crippen MR) is 88.6 cm³/mol. The van der Waals surface area contributed by atoms with E-state index in [1.165, 1.54) is 0 Å². The molecule has 6 heteroatoms. The number of rotatable bonds is 4. The molecule has 1 amide bonds.